The third-order valence-corrected chi connectivity index (χ3v) is 0.500. The van der Waals surface area contributed by atoms with E-state index in [1.807, 2.05) is 0 Å². The van der Waals surface area contributed by atoms with Crippen LogP contribution in [0.25, 0.3) is 0 Å². The Morgan fingerprint density at radius 3 is 0.450 bits per heavy atom. The van der Waals surface area contributed by atoms with E-state index in [1.165, 1.54) is 0 Å². The summed E-state index contributed by atoms with van der Waals surface area (Å²) in [4.78, 5) is 53.6. The Morgan fingerprint density at radius 2 is 0.450 bits per heavy atom. The molecule has 0 unspecified atom stereocenters. The second-order valence-electron chi connectivity index (χ2n) is 1.72. The topological polar surface area (TPSA) is 277 Å². The maximum atomic E-state index is 8.93. The summed E-state index contributed by atoms with van der Waals surface area (Å²) in [5, 5.41) is 53.6. The van der Waals surface area contributed by atoms with Crippen LogP contribution in [0.1, 0.15) is 0 Å². The molecule has 4 N–H and O–H groups in total. The zero-order valence-corrected chi connectivity index (χ0v) is 12.6. The van der Waals surface area contributed by atoms with Crippen LogP contribution in [0.3, 0.4) is 0 Å². The number of hydrogen-bond donors (Lipinski definition) is 1. The van der Waals surface area contributed by atoms with E-state index >= 15 is 0 Å². The second kappa shape index (κ2) is 16.5. The van der Waals surface area contributed by atoms with Crippen LogP contribution in [0.4, 0.5) is 0 Å². The molecule has 0 radical (unpaired) electrons. The van der Waals surface area contributed by atoms with E-state index in [4.69, 9.17) is 59.4 Å². The Labute approximate surface area is 124 Å². The first-order valence-corrected chi connectivity index (χ1v) is 3.20. The molecule has 110 valence electrons. The summed E-state index contributed by atoms with van der Waals surface area (Å²) < 4.78 is 0. The Hall–Kier alpha value is -2.48. The number of carboxylic acid groups (broad SMARTS) is 6. The molecule has 0 aliphatic heterocycles. The Balaban J connectivity index is -0.0000000536. The van der Waals surface area contributed by atoms with E-state index in [-0.39, 0.29) is 28.5 Å². The quantitative estimate of drug-likeness (QED) is 0.328. The number of carbonyl (C=O) groups excluding carboxylic acids is 6. The molecule has 20 heavy (non-hydrogen) atoms. The van der Waals surface area contributed by atoms with Crippen LogP contribution in [0.15, 0.2) is 0 Å². The minimum absolute atomic E-state index is 0. The van der Waals surface area contributed by atoms with Gasteiger partial charge in [0.05, 0.1) is 35.8 Å². The van der Waals surface area contributed by atoms with E-state index in [0.717, 1.165) is 0 Å². The standard InChI is InChI=1S/3C2H2O4.H3N.Ta/c3*3-1(4)2(5)6;;/h3*(H,3,4)(H,5,6);1H3;/q;;;;+5/p-5. The van der Waals surface area contributed by atoms with Gasteiger partial charge < -0.3 is 65.6 Å². The van der Waals surface area contributed by atoms with Crippen molar-refractivity contribution in [2.45, 2.75) is 0 Å². The van der Waals surface area contributed by atoms with Crippen LogP contribution in [0.2, 0.25) is 0 Å². The molecule has 0 spiro atoms. The van der Waals surface area contributed by atoms with E-state index in [1.54, 1.807) is 0 Å². The summed E-state index contributed by atoms with van der Waals surface area (Å²) in [6, 6.07) is 0. The molecule has 0 saturated carbocycles. The molecule has 0 aliphatic rings. The Bertz CT molecular complexity index is 283. The second-order valence-corrected chi connectivity index (χ2v) is 1.72. The van der Waals surface area contributed by atoms with E-state index in [0.29, 0.717) is 0 Å². The van der Waals surface area contributed by atoms with E-state index in [2.05, 4.69) is 0 Å². The van der Waals surface area contributed by atoms with Gasteiger partial charge in [0.25, 0.3) is 0 Å². The van der Waals surface area contributed by atoms with E-state index < -0.39 is 35.8 Å². The first-order valence-electron chi connectivity index (χ1n) is 3.20. The minimum atomic E-state index is -2.19. The summed E-state index contributed by atoms with van der Waals surface area (Å²) in [6.45, 7) is 0. The van der Waals surface area contributed by atoms with Gasteiger partial charge in [-0.3, -0.25) is 0 Å². The van der Waals surface area contributed by atoms with E-state index in [9.17, 15) is 0 Å². The van der Waals surface area contributed by atoms with Crippen molar-refractivity contribution < 1.29 is 81.8 Å². The predicted octanol–water partition coefficient (Wildman–Crippen LogP) is -10.2. The number of carbonyl (C=O) groups is 6. The van der Waals surface area contributed by atoms with Crippen LogP contribution in [0.5, 0.6) is 0 Å². The third kappa shape index (κ3) is 36.1. The fourth-order valence-electron chi connectivity index (χ4n) is 0. The molecule has 0 heterocycles. The summed E-state index contributed by atoms with van der Waals surface area (Å²) >= 11 is 0. The first kappa shape index (κ1) is 30.5. The number of quaternary nitrogens is 1. The van der Waals surface area contributed by atoms with Crippen LogP contribution in [-0.2, 0) is 51.1 Å². The predicted molar refractivity (Wildman–Crippen MR) is 36.0 cm³/mol. The molecule has 0 bridgehead atoms. The van der Waals surface area contributed by atoms with Gasteiger partial charge in [-0.25, -0.2) is 0 Å². The maximum Gasteiger partial charge on any atom is 5.00 e. The van der Waals surface area contributed by atoms with Gasteiger partial charge in [0.15, 0.2) is 0 Å². The molecular formula is C6H4NO12Ta. The molecule has 14 heteroatoms. The average Bonchev–Trinajstić information content (AvgIpc) is 2.18. The molecule has 0 aromatic rings. The molecule has 0 aromatic heterocycles. The maximum absolute atomic E-state index is 8.93. The number of hydrogen-bond acceptors (Lipinski definition) is 12. The monoisotopic (exact) mass is 463 g/mol. The average molecular weight is 463 g/mol. The SMILES string of the molecule is O=C([O-])C(=O)[O-].O=C([O-])C(=O)[O-].O=C([O-])C(=O)[O-].[NH4+].[Ta+5]. The van der Waals surface area contributed by atoms with Gasteiger partial charge in [0.2, 0.25) is 0 Å². The van der Waals surface area contributed by atoms with Crippen molar-refractivity contribution in [1.29, 1.82) is 0 Å². The zero-order valence-electron chi connectivity index (χ0n) is 9.35. The van der Waals surface area contributed by atoms with Crippen molar-refractivity contribution >= 4 is 35.8 Å². The largest absolute Gasteiger partial charge is 5.00 e. The van der Waals surface area contributed by atoms with Crippen LogP contribution in [0, 0.1) is 0 Å². The Morgan fingerprint density at radius 1 is 0.400 bits per heavy atom. The van der Waals surface area contributed by atoms with Crippen molar-refractivity contribution in [1.82, 2.24) is 6.15 Å². The van der Waals surface area contributed by atoms with Gasteiger partial charge in [-0.15, -0.1) is 0 Å². The number of aliphatic carboxylic acids is 6. The van der Waals surface area contributed by atoms with Crippen LogP contribution < -0.4 is 36.8 Å². The van der Waals surface area contributed by atoms with Gasteiger partial charge >= 0.3 is 22.4 Å². The summed E-state index contributed by atoms with van der Waals surface area (Å²) in [5.41, 5.74) is 0. The number of carboxylic acids is 6. The summed E-state index contributed by atoms with van der Waals surface area (Å²) in [5.74, 6) is -13.1. The van der Waals surface area contributed by atoms with Crippen molar-refractivity contribution in [2.75, 3.05) is 0 Å². The van der Waals surface area contributed by atoms with Crippen molar-refractivity contribution in [2.24, 2.45) is 0 Å². The van der Waals surface area contributed by atoms with Gasteiger partial charge in [0, 0.05) is 0 Å². The molecule has 0 aromatic carbocycles. The minimum Gasteiger partial charge on any atom is -0.543 e. The van der Waals surface area contributed by atoms with Crippen LogP contribution >= 0.6 is 0 Å². The van der Waals surface area contributed by atoms with Gasteiger partial charge in [0.1, 0.15) is 0 Å². The summed E-state index contributed by atoms with van der Waals surface area (Å²) in [6.07, 6.45) is 0. The number of rotatable bonds is 0. The molecule has 0 atom stereocenters. The summed E-state index contributed by atoms with van der Waals surface area (Å²) in [7, 11) is 0. The van der Waals surface area contributed by atoms with Gasteiger partial charge in [-0.1, -0.05) is 0 Å². The molecule has 13 nitrogen and oxygen atoms in total. The fourth-order valence-corrected chi connectivity index (χ4v) is 0. The van der Waals surface area contributed by atoms with Crippen LogP contribution in [-0.4, -0.2) is 35.8 Å². The molecule has 0 fully saturated rings. The van der Waals surface area contributed by atoms with Crippen molar-refractivity contribution in [3.8, 4) is 0 Å². The molecule has 0 aliphatic carbocycles. The van der Waals surface area contributed by atoms with Crippen molar-refractivity contribution in [3.63, 3.8) is 0 Å². The molecule has 0 amide bonds. The Kier molecular flexibility index (Phi) is 25.2. The molecule has 0 rings (SSSR count). The fraction of sp³-hybridized carbons (Fsp3) is 0. The molecule has 0 saturated heterocycles. The normalized spacial score (nSPS) is 6.60. The molecular weight excluding hydrogens is 459 g/mol. The first-order chi connectivity index (χ1) is 7.93. The third-order valence-electron chi connectivity index (χ3n) is 0.500. The van der Waals surface area contributed by atoms with Gasteiger partial charge in [-0.2, -0.15) is 0 Å². The van der Waals surface area contributed by atoms with Gasteiger partial charge in [-0.05, 0) is 0 Å². The zero-order chi connectivity index (χ0) is 15.5. The van der Waals surface area contributed by atoms with Crippen molar-refractivity contribution in [3.05, 3.63) is 0 Å². The smallest absolute Gasteiger partial charge is 0.543 e.